The summed E-state index contributed by atoms with van der Waals surface area (Å²) < 4.78 is 5.52. The molecule has 0 aliphatic heterocycles. The third-order valence-corrected chi connectivity index (χ3v) is 2.33. The molecule has 0 bridgehead atoms. The van der Waals surface area contributed by atoms with E-state index in [0.29, 0.717) is 6.61 Å². The fourth-order valence-electron chi connectivity index (χ4n) is 1.61. The Morgan fingerprint density at radius 1 is 1.53 bits per heavy atom. The summed E-state index contributed by atoms with van der Waals surface area (Å²) in [6, 6.07) is 2.05. The van der Waals surface area contributed by atoms with Gasteiger partial charge >= 0.3 is 0 Å². The average molecular weight is 209 g/mol. The van der Waals surface area contributed by atoms with E-state index in [4.69, 9.17) is 10.6 Å². The van der Waals surface area contributed by atoms with Gasteiger partial charge in [0, 0.05) is 19.0 Å². The maximum Gasteiger partial charge on any atom is 0.0755 e. The van der Waals surface area contributed by atoms with Crippen molar-refractivity contribution < 1.29 is 4.74 Å². The van der Waals surface area contributed by atoms with E-state index in [2.05, 4.69) is 16.5 Å². The summed E-state index contributed by atoms with van der Waals surface area (Å²) in [4.78, 5) is 4.14. The number of nitrogens with zero attached hydrogens (tertiary/aromatic N) is 1. The molecule has 4 nitrogen and oxygen atoms in total. The number of hydrazine groups is 1. The van der Waals surface area contributed by atoms with Crippen molar-refractivity contribution in [2.75, 3.05) is 6.61 Å². The topological polar surface area (TPSA) is 60.2 Å². The summed E-state index contributed by atoms with van der Waals surface area (Å²) in [5, 5.41) is 0. The first-order valence-electron chi connectivity index (χ1n) is 5.18. The fraction of sp³-hybridized carbons (Fsp3) is 0.545. The van der Waals surface area contributed by atoms with Gasteiger partial charge in [-0.3, -0.25) is 16.3 Å². The van der Waals surface area contributed by atoms with E-state index < -0.39 is 0 Å². The average Bonchev–Trinajstić information content (AvgIpc) is 2.19. The van der Waals surface area contributed by atoms with Crippen LogP contribution in [-0.2, 0) is 4.74 Å². The number of rotatable bonds is 5. The quantitative estimate of drug-likeness (QED) is 0.567. The van der Waals surface area contributed by atoms with Gasteiger partial charge in [0.05, 0.1) is 12.1 Å². The van der Waals surface area contributed by atoms with Crippen LogP contribution in [0.3, 0.4) is 0 Å². The summed E-state index contributed by atoms with van der Waals surface area (Å²) in [5.41, 5.74) is 4.94. The minimum atomic E-state index is -0.0163. The number of pyridine rings is 1. The molecule has 2 unspecified atom stereocenters. The molecule has 0 amide bonds. The van der Waals surface area contributed by atoms with Gasteiger partial charge in [-0.2, -0.15) is 0 Å². The third-order valence-electron chi connectivity index (χ3n) is 2.33. The van der Waals surface area contributed by atoms with Gasteiger partial charge in [-0.15, -0.1) is 0 Å². The van der Waals surface area contributed by atoms with Crippen molar-refractivity contribution >= 4 is 0 Å². The highest BCUT2D eigenvalue weighted by Crippen LogP contribution is 2.18. The van der Waals surface area contributed by atoms with Gasteiger partial charge in [0.15, 0.2) is 0 Å². The standard InChI is InChI=1S/C11H19N3O/c1-4-15-9(3)11(14-12)10-5-8(2)6-13-7-10/h5-7,9,11,14H,4,12H2,1-3H3. The lowest BCUT2D eigenvalue weighted by atomic mass is 10.0. The molecule has 1 rings (SSSR count). The zero-order valence-electron chi connectivity index (χ0n) is 9.53. The number of aryl methyl sites for hydroxylation is 1. The largest absolute Gasteiger partial charge is 0.377 e. The van der Waals surface area contributed by atoms with Crippen molar-refractivity contribution in [2.24, 2.45) is 5.84 Å². The smallest absolute Gasteiger partial charge is 0.0755 e. The first-order chi connectivity index (χ1) is 7.19. The van der Waals surface area contributed by atoms with E-state index in [-0.39, 0.29) is 12.1 Å². The van der Waals surface area contributed by atoms with Crippen molar-refractivity contribution in [3.8, 4) is 0 Å². The molecule has 0 saturated carbocycles. The molecular weight excluding hydrogens is 190 g/mol. The van der Waals surface area contributed by atoms with Crippen LogP contribution < -0.4 is 11.3 Å². The molecule has 1 aromatic rings. The Bertz CT molecular complexity index is 304. The van der Waals surface area contributed by atoms with Crippen molar-refractivity contribution in [3.63, 3.8) is 0 Å². The van der Waals surface area contributed by atoms with Crippen LogP contribution in [0.4, 0.5) is 0 Å². The summed E-state index contributed by atoms with van der Waals surface area (Å²) in [7, 11) is 0. The second kappa shape index (κ2) is 5.80. The summed E-state index contributed by atoms with van der Waals surface area (Å²) in [6.07, 6.45) is 3.67. The van der Waals surface area contributed by atoms with Gasteiger partial charge in [0.2, 0.25) is 0 Å². The van der Waals surface area contributed by atoms with E-state index in [1.165, 1.54) is 0 Å². The lowest BCUT2D eigenvalue weighted by Gasteiger charge is -2.23. The van der Waals surface area contributed by atoms with Crippen LogP contribution in [-0.4, -0.2) is 17.7 Å². The molecule has 3 N–H and O–H groups in total. The molecule has 0 aliphatic carbocycles. The molecule has 0 aliphatic rings. The van der Waals surface area contributed by atoms with Gasteiger partial charge in [-0.1, -0.05) is 6.07 Å². The maximum absolute atomic E-state index is 5.53. The summed E-state index contributed by atoms with van der Waals surface area (Å²) in [6.45, 7) is 6.66. The Labute approximate surface area is 90.8 Å². The van der Waals surface area contributed by atoms with Gasteiger partial charge in [0.25, 0.3) is 0 Å². The minimum Gasteiger partial charge on any atom is -0.377 e. The van der Waals surface area contributed by atoms with Gasteiger partial charge in [-0.25, -0.2) is 0 Å². The molecule has 84 valence electrons. The third kappa shape index (κ3) is 3.27. The number of ether oxygens (including phenoxy) is 1. The highest BCUT2D eigenvalue weighted by Gasteiger charge is 2.18. The molecule has 15 heavy (non-hydrogen) atoms. The van der Waals surface area contributed by atoms with Crippen LogP contribution in [0.2, 0.25) is 0 Å². The van der Waals surface area contributed by atoms with Crippen molar-refractivity contribution in [1.29, 1.82) is 0 Å². The first kappa shape index (κ1) is 12.1. The van der Waals surface area contributed by atoms with Gasteiger partial charge in [0.1, 0.15) is 0 Å². The molecule has 0 saturated heterocycles. The second-order valence-electron chi connectivity index (χ2n) is 3.60. The minimum absolute atomic E-state index is 0.0163. The highest BCUT2D eigenvalue weighted by atomic mass is 16.5. The molecular formula is C11H19N3O. The molecule has 0 spiro atoms. The Morgan fingerprint density at radius 3 is 2.80 bits per heavy atom. The Hall–Kier alpha value is -0.970. The number of hydrogen-bond acceptors (Lipinski definition) is 4. The molecule has 1 aromatic heterocycles. The lowest BCUT2D eigenvalue weighted by Crippen LogP contribution is -2.36. The predicted octanol–water partition coefficient (Wildman–Crippen LogP) is 1.32. The van der Waals surface area contributed by atoms with E-state index in [0.717, 1.165) is 11.1 Å². The summed E-state index contributed by atoms with van der Waals surface area (Å²) >= 11 is 0. The molecule has 0 fully saturated rings. The maximum atomic E-state index is 5.53. The molecule has 1 heterocycles. The van der Waals surface area contributed by atoms with Crippen molar-refractivity contribution in [2.45, 2.75) is 32.9 Å². The normalized spacial score (nSPS) is 14.9. The van der Waals surface area contributed by atoms with Crippen LogP contribution in [0, 0.1) is 6.92 Å². The van der Waals surface area contributed by atoms with Crippen molar-refractivity contribution in [1.82, 2.24) is 10.4 Å². The van der Waals surface area contributed by atoms with E-state index in [1.54, 1.807) is 0 Å². The Kier molecular flexibility index (Phi) is 4.68. The SMILES string of the molecule is CCOC(C)C(NN)c1cncc(C)c1. The van der Waals surface area contributed by atoms with E-state index in [9.17, 15) is 0 Å². The van der Waals surface area contributed by atoms with E-state index in [1.807, 2.05) is 33.2 Å². The van der Waals surface area contributed by atoms with Crippen molar-refractivity contribution in [3.05, 3.63) is 29.6 Å². The van der Waals surface area contributed by atoms with Gasteiger partial charge in [-0.05, 0) is 31.9 Å². The molecule has 0 radical (unpaired) electrons. The molecule has 0 aromatic carbocycles. The van der Waals surface area contributed by atoms with Crippen LogP contribution in [0.5, 0.6) is 0 Å². The summed E-state index contributed by atoms with van der Waals surface area (Å²) in [5.74, 6) is 5.53. The van der Waals surface area contributed by atoms with Crippen LogP contribution in [0.25, 0.3) is 0 Å². The zero-order chi connectivity index (χ0) is 11.3. The Balaban J connectivity index is 2.82. The number of aromatic nitrogens is 1. The second-order valence-corrected chi connectivity index (χ2v) is 3.60. The zero-order valence-corrected chi connectivity index (χ0v) is 9.53. The fourth-order valence-corrected chi connectivity index (χ4v) is 1.61. The molecule has 2 atom stereocenters. The Morgan fingerprint density at radius 2 is 2.27 bits per heavy atom. The van der Waals surface area contributed by atoms with Crippen LogP contribution >= 0.6 is 0 Å². The number of nitrogens with two attached hydrogens (primary N) is 1. The first-order valence-corrected chi connectivity index (χ1v) is 5.18. The van der Waals surface area contributed by atoms with Gasteiger partial charge < -0.3 is 4.74 Å². The van der Waals surface area contributed by atoms with Crippen LogP contribution in [0.1, 0.15) is 31.0 Å². The lowest BCUT2D eigenvalue weighted by molar-refractivity contribution is 0.0471. The van der Waals surface area contributed by atoms with E-state index >= 15 is 0 Å². The highest BCUT2D eigenvalue weighted by molar-refractivity contribution is 5.20. The predicted molar refractivity (Wildman–Crippen MR) is 60.1 cm³/mol. The van der Waals surface area contributed by atoms with Crippen LogP contribution in [0.15, 0.2) is 18.5 Å². The number of hydrogen-bond donors (Lipinski definition) is 2. The monoisotopic (exact) mass is 209 g/mol. The number of nitrogens with one attached hydrogen (secondary N) is 1. The molecule has 4 heteroatoms.